The highest BCUT2D eigenvalue weighted by molar-refractivity contribution is 8.14. The first kappa shape index (κ1) is 17.9. The van der Waals surface area contributed by atoms with E-state index in [9.17, 15) is 9.90 Å². The summed E-state index contributed by atoms with van der Waals surface area (Å²) >= 11 is 1.26. The first-order chi connectivity index (χ1) is 12.9. The number of carbonyl (C=O) groups is 1. The molecule has 0 bridgehead atoms. The smallest absolute Gasteiger partial charge is 0.355 e. The van der Waals surface area contributed by atoms with Crippen molar-refractivity contribution in [1.29, 1.82) is 0 Å². The lowest BCUT2D eigenvalue weighted by molar-refractivity contribution is 0.0686. The molecule has 4 rings (SSSR count). The van der Waals surface area contributed by atoms with E-state index in [1.165, 1.54) is 18.0 Å². The van der Waals surface area contributed by atoms with Crippen molar-refractivity contribution in [3.8, 4) is 0 Å². The van der Waals surface area contributed by atoms with E-state index < -0.39 is 5.97 Å². The average molecular weight is 384 g/mol. The van der Waals surface area contributed by atoms with E-state index in [4.69, 9.17) is 10.7 Å². The second kappa shape index (κ2) is 6.90. The Morgan fingerprint density at radius 3 is 2.85 bits per heavy atom. The Balaban J connectivity index is 1.53. The van der Waals surface area contributed by atoms with Crippen molar-refractivity contribution in [2.24, 2.45) is 10.7 Å². The predicted octanol–water partition coefficient (Wildman–Crippen LogP) is 1.94. The third kappa shape index (κ3) is 3.65. The molecule has 3 N–H and O–H groups in total. The number of aromatic carboxylic acids is 1. The van der Waals surface area contributed by atoms with Crippen molar-refractivity contribution in [3.63, 3.8) is 0 Å². The average Bonchev–Trinajstić information content (AvgIpc) is 3.04. The van der Waals surface area contributed by atoms with Crippen LogP contribution in [-0.2, 0) is 6.54 Å². The fourth-order valence-electron chi connectivity index (χ4n) is 3.14. The van der Waals surface area contributed by atoms with Gasteiger partial charge in [-0.2, -0.15) is 0 Å². The Morgan fingerprint density at radius 1 is 1.33 bits per heavy atom. The van der Waals surface area contributed by atoms with Gasteiger partial charge in [0, 0.05) is 29.7 Å². The molecule has 0 unspecified atom stereocenters. The fraction of sp³-hybridized carbons (Fsp3) is 0.389. The second-order valence-electron chi connectivity index (χ2n) is 7.04. The number of carboxylic acid groups (broad SMARTS) is 1. The molecule has 2 aromatic rings. The lowest BCUT2D eigenvalue weighted by Crippen LogP contribution is -2.48. The summed E-state index contributed by atoms with van der Waals surface area (Å²) in [5.41, 5.74) is 7.63. The Bertz CT molecular complexity index is 920. The van der Waals surface area contributed by atoms with Crippen LogP contribution in [0.3, 0.4) is 0 Å². The monoisotopic (exact) mass is 384 g/mol. The molecule has 0 aliphatic carbocycles. The number of aliphatic imine (C=N–C) groups is 1. The Hall–Kier alpha value is -2.52. The molecule has 140 valence electrons. The zero-order valence-electron chi connectivity index (χ0n) is 14.9. The number of aromatic nitrogens is 3. The van der Waals surface area contributed by atoms with Gasteiger partial charge < -0.3 is 15.7 Å². The summed E-state index contributed by atoms with van der Waals surface area (Å²) in [5, 5.41) is 9.97. The van der Waals surface area contributed by atoms with Crippen LogP contribution in [0, 0.1) is 0 Å². The molecule has 0 spiro atoms. The molecule has 4 heterocycles. The van der Waals surface area contributed by atoms with Crippen LogP contribution in [0.2, 0.25) is 0 Å². The largest absolute Gasteiger partial charge is 0.476 e. The van der Waals surface area contributed by atoms with Crippen molar-refractivity contribution >= 4 is 28.6 Å². The summed E-state index contributed by atoms with van der Waals surface area (Å²) < 4.78 is 0. The number of nitrogens with two attached hydrogens (primary N) is 1. The van der Waals surface area contributed by atoms with Gasteiger partial charge in [0.1, 0.15) is 16.6 Å². The molecule has 2 aliphatic heterocycles. The molecule has 0 atom stereocenters. The minimum absolute atomic E-state index is 0.0152. The highest BCUT2D eigenvalue weighted by atomic mass is 32.2. The van der Waals surface area contributed by atoms with Crippen molar-refractivity contribution in [1.82, 2.24) is 15.0 Å². The summed E-state index contributed by atoms with van der Waals surface area (Å²) in [7, 11) is 0. The standard InChI is InChI=1S/C18H20N6O2S/c1-18(19)4-7-24(8-5-18)13-10-21-14-11(23-13)9-22-16(14)27-12-3-2-6-20-15(12)17(25)26/h2-3,6,10H,4-5,7-9,19H2,1H3,(H,25,26). The van der Waals surface area contributed by atoms with E-state index in [2.05, 4.69) is 26.8 Å². The molecule has 0 saturated carbocycles. The van der Waals surface area contributed by atoms with Gasteiger partial charge in [0.2, 0.25) is 0 Å². The Kier molecular flexibility index (Phi) is 4.56. The van der Waals surface area contributed by atoms with Gasteiger partial charge in [-0.3, -0.25) is 4.99 Å². The third-order valence-corrected chi connectivity index (χ3v) is 5.88. The first-order valence-electron chi connectivity index (χ1n) is 8.74. The molecule has 0 radical (unpaired) electrons. The number of fused-ring (bicyclic) bond motifs is 1. The number of thioether (sulfide) groups is 1. The number of anilines is 1. The van der Waals surface area contributed by atoms with Gasteiger partial charge >= 0.3 is 5.97 Å². The number of rotatable bonds is 3. The molecule has 0 amide bonds. The molecule has 1 fully saturated rings. The minimum Gasteiger partial charge on any atom is -0.476 e. The quantitative estimate of drug-likeness (QED) is 0.824. The topological polar surface area (TPSA) is 118 Å². The van der Waals surface area contributed by atoms with E-state index in [-0.39, 0.29) is 11.2 Å². The van der Waals surface area contributed by atoms with Gasteiger partial charge in [-0.05, 0) is 31.9 Å². The number of hydrogen-bond donors (Lipinski definition) is 2. The molecule has 9 heteroatoms. The van der Waals surface area contributed by atoms with Gasteiger partial charge in [-0.25, -0.2) is 19.7 Å². The van der Waals surface area contributed by atoms with Crippen LogP contribution in [0.5, 0.6) is 0 Å². The predicted molar refractivity (Wildman–Crippen MR) is 103 cm³/mol. The lowest BCUT2D eigenvalue weighted by atomic mass is 9.91. The van der Waals surface area contributed by atoms with Crippen molar-refractivity contribution in [3.05, 3.63) is 41.6 Å². The Labute approximate surface area is 160 Å². The van der Waals surface area contributed by atoms with Crippen LogP contribution < -0.4 is 10.6 Å². The summed E-state index contributed by atoms with van der Waals surface area (Å²) in [6.45, 7) is 4.25. The zero-order chi connectivity index (χ0) is 19.0. The van der Waals surface area contributed by atoms with E-state index in [1.54, 1.807) is 18.3 Å². The lowest BCUT2D eigenvalue weighted by Gasteiger charge is -2.37. The molecule has 8 nitrogen and oxygen atoms in total. The summed E-state index contributed by atoms with van der Waals surface area (Å²) in [6, 6.07) is 3.43. The van der Waals surface area contributed by atoms with Crippen molar-refractivity contribution in [2.45, 2.75) is 36.7 Å². The minimum atomic E-state index is -1.06. The SMILES string of the molecule is CC1(N)CCN(c2cnc3c(n2)CN=C3Sc2cccnc2C(=O)O)CC1. The number of carboxylic acids is 1. The molecule has 27 heavy (non-hydrogen) atoms. The van der Waals surface area contributed by atoms with Gasteiger partial charge in [0.05, 0.1) is 18.4 Å². The van der Waals surface area contributed by atoms with Crippen LogP contribution in [0.25, 0.3) is 0 Å². The van der Waals surface area contributed by atoms with Crippen LogP contribution >= 0.6 is 11.8 Å². The maximum atomic E-state index is 11.3. The summed E-state index contributed by atoms with van der Waals surface area (Å²) in [5.74, 6) is -0.214. The van der Waals surface area contributed by atoms with Gasteiger partial charge in [-0.15, -0.1) is 0 Å². The molecule has 2 aliphatic rings. The molecule has 0 aromatic carbocycles. The maximum Gasteiger partial charge on any atom is 0.355 e. The van der Waals surface area contributed by atoms with Crippen LogP contribution in [-0.4, -0.2) is 49.7 Å². The van der Waals surface area contributed by atoms with Crippen molar-refractivity contribution in [2.75, 3.05) is 18.0 Å². The highest BCUT2D eigenvalue weighted by Crippen LogP contribution is 2.31. The van der Waals surface area contributed by atoms with Gasteiger partial charge in [0.25, 0.3) is 0 Å². The fourth-order valence-corrected chi connectivity index (χ4v) is 4.13. The first-order valence-corrected chi connectivity index (χ1v) is 9.55. The van der Waals surface area contributed by atoms with Crippen LogP contribution in [0.15, 0.2) is 34.4 Å². The van der Waals surface area contributed by atoms with Crippen LogP contribution in [0.4, 0.5) is 5.82 Å². The highest BCUT2D eigenvalue weighted by Gasteiger charge is 2.28. The Morgan fingerprint density at radius 2 is 2.11 bits per heavy atom. The van der Waals surface area contributed by atoms with Gasteiger partial charge in [0.15, 0.2) is 5.69 Å². The zero-order valence-corrected chi connectivity index (χ0v) is 15.7. The molecule has 2 aromatic heterocycles. The maximum absolute atomic E-state index is 11.3. The van der Waals surface area contributed by atoms with Crippen LogP contribution in [0.1, 0.15) is 41.6 Å². The number of piperidine rings is 1. The second-order valence-corrected chi connectivity index (χ2v) is 8.07. The van der Waals surface area contributed by atoms with E-state index in [1.807, 2.05) is 0 Å². The summed E-state index contributed by atoms with van der Waals surface area (Å²) in [6.07, 6.45) is 5.07. The number of pyridine rings is 1. The third-order valence-electron chi connectivity index (χ3n) is 4.82. The molecule has 1 saturated heterocycles. The van der Waals surface area contributed by atoms with E-state index >= 15 is 0 Å². The van der Waals surface area contributed by atoms with Crippen molar-refractivity contribution < 1.29 is 9.90 Å². The van der Waals surface area contributed by atoms with Gasteiger partial charge in [-0.1, -0.05) is 11.8 Å². The normalized spacial score (nSPS) is 18.1. The molecular weight excluding hydrogens is 364 g/mol. The molecular formula is C18H20N6O2S. The summed E-state index contributed by atoms with van der Waals surface area (Å²) in [4.78, 5) is 31.8. The number of hydrogen-bond acceptors (Lipinski definition) is 8. The van der Waals surface area contributed by atoms with E-state index in [0.29, 0.717) is 22.2 Å². The number of nitrogens with zero attached hydrogens (tertiary/aromatic N) is 5. The van der Waals surface area contributed by atoms with E-state index in [0.717, 1.165) is 37.4 Å².